The number of nitrogens with one attached hydrogen (secondary N) is 1. The van der Waals surface area contributed by atoms with Gasteiger partial charge in [-0.05, 0) is 54.2 Å². The highest BCUT2D eigenvalue weighted by Crippen LogP contribution is 2.34. The average molecular weight is 412 g/mol. The van der Waals surface area contributed by atoms with E-state index in [4.69, 9.17) is 21.7 Å². The fourth-order valence-electron chi connectivity index (χ4n) is 3.70. The van der Waals surface area contributed by atoms with E-state index in [9.17, 15) is 4.39 Å². The second-order valence-corrected chi connectivity index (χ2v) is 7.16. The summed E-state index contributed by atoms with van der Waals surface area (Å²) in [5, 5.41) is 3.88. The van der Waals surface area contributed by atoms with Gasteiger partial charge in [0.2, 0.25) is 0 Å². The molecule has 0 radical (unpaired) electrons. The molecule has 0 saturated heterocycles. The minimum atomic E-state index is -0.256. The molecule has 1 N–H and O–H groups in total. The molecule has 0 saturated carbocycles. The van der Waals surface area contributed by atoms with Gasteiger partial charge in [-0.25, -0.2) is 4.39 Å². The average Bonchev–Trinajstić information content (AvgIpc) is 3.22. The van der Waals surface area contributed by atoms with Crippen molar-refractivity contribution in [1.82, 2.24) is 9.47 Å². The lowest BCUT2D eigenvalue weighted by atomic mass is 10.0. The lowest BCUT2D eigenvalue weighted by Gasteiger charge is -2.39. The number of thiocarbonyl (C=S) groups is 1. The number of nitrogens with zero attached hydrogens (tertiary/aromatic N) is 2. The van der Waals surface area contributed by atoms with Crippen LogP contribution in [-0.2, 0) is 6.54 Å². The molecule has 0 fully saturated rings. The first kappa shape index (κ1) is 19.3. The van der Waals surface area contributed by atoms with Crippen molar-refractivity contribution in [2.45, 2.75) is 12.6 Å². The molecule has 1 aromatic heterocycles. The number of hydrogen-bond acceptors (Lipinski definition) is 3. The van der Waals surface area contributed by atoms with Crippen LogP contribution in [0.5, 0.6) is 11.5 Å². The molecule has 0 spiro atoms. The van der Waals surface area contributed by atoms with E-state index in [-0.39, 0.29) is 11.9 Å². The smallest absolute Gasteiger partial charge is 0.174 e. The molecule has 0 bridgehead atoms. The molecule has 3 aromatic rings. The highest BCUT2D eigenvalue weighted by Gasteiger charge is 2.30. The highest BCUT2D eigenvalue weighted by molar-refractivity contribution is 7.80. The summed E-state index contributed by atoms with van der Waals surface area (Å²) < 4.78 is 26.5. The molecule has 1 aliphatic rings. The van der Waals surface area contributed by atoms with Gasteiger partial charge in [-0.1, -0.05) is 12.1 Å². The summed E-state index contributed by atoms with van der Waals surface area (Å²) >= 11 is 5.78. The maximum Gasteiger partial charge on any atom is 0.174 e. The van der Waals surface area contributed by atoms with Crippen molar-refractivity contribution in [3.05, 3.63) is 77.9 Å². The zero-order valence-corrected chi connectivity index (χ0v) is 17.1. The van der Waals surface area contributed by atoms with Gasteiger partial charge >= 0.3 is 0 Å². The maximum atomic E-state index is 13.5. The molecule has 1 atom stereocenters. The summed E-state index contributed by atoms with van der Waals surface area (Å²) in [6, 6.07) is 16.1. The van der Waals surface area contributed by atoms with E-state index in [1.165, 1.54) is 12.1 Å². The molecular weight excluding hydrogens is 389 g/mol. The van der Waals surface area contributed by atoms with Crippen LogP contribution < -0.4 is 14.8 Å². The second-order valence-electron chi connectivity index (χ2n) is 6.77. The van der Waals surface area contributed by atoms with Gasteiger partial charge in [-0.15, -0.1) is 0 Å². The molecule has 7 heteroatoms. The largest absolute Gasteiger partial charge is 0.497 e. The van der Waals surface area contributed by atoms with Gasteiger partial charge in [0.1, 0.15) is 17.3 Å². The summed E-state index contributed by atoms with van der Waals surface area (Å²) in [4.78, 5) is 2.12. The Kier molecular flexibility index (Phi) is 5.40. The topological polar surface area (TPSA) is 38.7 Å². The van der Waals surface area contributed by atoms with E-state index in [1.54, 1.807) is 14.2 Å². The number of fused-ring (bicyclic) bond motifs is 1. The second kappa shape index (κ2) is 8.13. The van der Waals surface area contributed by atoms with Gasteiger partial charge in [0.15, 0.2) is 5.11 Å². The third-order valence-electron chi connectivity index (χ3n) is 5.13. The van der Waals surface area contributed by atoms with Crippen molar-refractivity contribution in [3.8, 4) is 11.5 Å². The first-order chi connectivity index (χ1) is 14.1. The molecule has 5 nitrogen and oxygen atoms in total. The van der Waals surface area contributed by atoms with Crippen LogP contribution in [0.15, 0.2) is 60.8 Å². The summed E-state index contributed by atoms with van der Waals surface area (Å²) in [7, 11) is 3.23. The van der Waals surface area contributed by atoms with Gasteiger partial charge < -0.3 is 24.3 Å². The number of aromatic nitrogens is 1. The van der Waals surface area contributed by atoms with Gasteiger partial charge in [-0.2, -0.15) is 0 Å². The van der Waals surface area contributed by atoms with Gasteiger partial charge in [0.05, 0.1) is 25.9 Å². The first-order valence-electron chi connectivity index (χ1n) is 9.31. The number of methoxy groups -OCH3 is 2. The molecule has 2 aromatic carbocycles. The van der Waals surface area contributed by atoms with Crippen molar-refractivity contribution in [3.63, 3.8) is 0 Å². The Hall–Kier alpha value is -3.06. The molecule has 29 heavy (non-hydrogen) atoms. The predicted octanol–water partition coefficient (Wildman–Crippen LogP) is 4.45. The summed E-state index contributed by atoms with van der Waals surface area (Å²) in [5.74, 6) is 1.12. The predicted molar refractivity (Wildman–Crippen MR) is 115 cm³/mol. The Bertz CT molecular complexity index is 1020. The third kappa shape index (κ3) is 3.78. The van der Waals surface area contributed by atoms with Crippen LogP contribution in [-0.4, -0.2) is 35.3 Å². The summed E-state index contributed by atoms with van der Waals surface area (Å²) in [6.07, 6.45) is 2.06. The zero-order valence-electron chi connectivity index (χ0n) is 16.3. The summed E-state index contributed by atoms with van der Waals surface area (Å²) in [6.45, 7) is 1.54. The van der Waals surface area contributed by atoms with Gasteiger partial charge in [-0.3, -0.25) is 0 Å². The number of hydrogen-bond donors (Lipinski definition) is 1. The SMILES string of the molecule is COc1ccc(OC)c(NC(=S)N2CCn3cccc3C2c2ccc(F)cc2)c1. The van der Waals surface area contributed by atoms with Crippen molar-refractivity contribution in [2.75, 3.05) is 26.1 Å². The molecular formula is C22H22FN3O2S. The number of halogens is 1. The first-order valence-corrected chi connectivity index (χ1v) is 9.71. The van der Waals surface area contributed by atoms with E-state index in [0.717, 1.165) is 30.0 Å². The monoisotopic (exact) mass is 411 g/mol. The van der Waals surface area contributed by atoms with E-state index >= 15 is 0 Å². The Morgan fingerprint density at radius 3 is 2.59 bits per heavy atom. The van der Waals surface area contributed by atoms with Crippen LogP contribution in [0, 0.1) is 5.82 Å². The molecule has 1 aliphatic heterocycles. The number of ether oxygens (including phenoxy) is 2. The van der Waals surface area contributed by atoms with Crippen molar-refractivity contribution >= 4 is 23.0 Å². The lowest BCUT2D eigenvalue weighted by molar-refractivity contribution is 0.293. The van der Waals surface area contributed by atoms with Crippen LogP contribution >= 0.6 is 12.2 Å². The molecule has 150 valence electrons. The van der Waals surface area contributed by atoms with Crippen LogP contribution in [0.4, 0.5) is 10.1 Å². The molecule has 0 aliphatic carbocycles. The molecule has 2 heterocycles. The van der Waals surface area contributed by atoms with Crippen LogP contribution in [0.3, 0.4) is 0 Å². The normalized spacial score (nSPS) is 15.6. The standard InChI is InChI=1S/C22H22FN3O2S/c1-27-17-9-10-20(28-2)18(14-17)24-22(29)26-13-12-25-11-3-4-19(25)21(26)15-5-7-16(23)8-6-15/h3-11,14,21H,12-13H2,1-2H3,(H,24,29). The van der Waals surface area contributed by atoms with E-state index in [0.29, 0.717) is 16.6 Å². The number of rotatable bonds is 4. The Morgan fingerprint density at radius 2 is 1.86 bits per heavy atom. The molecule has 4 rings (SSSR count). The minimum absolute atomic E-state index is 0.115. The highest BCUT2D eigenvalue weighted by atomic mass is 32.1. The fourth-order valence-corrected chi connectivity index (χ4v) is 4.00. The van der Waals surface area contributed by atoms with Crippen LogP contribution in [0.2, 0.25) is 0 Å². The molecule has 0 amide bonds. The van der Waals surface area contributed by atoms with Gasteiger partial charge in [0, 0.05) is 31.0 Å². The third-order valence-corrected chi connectivity index (χ3v) is 5.47. The van der Waals surface area contributed by atoms with Gasteiger partial charge in [0.25, 0.3) is 0 Å². The maximum absolute atomic E-state index is 13.5. The van der Waals surface area contributed by atoms with E-state index in [2.05, 4.69) is 27.0 Å². The fraction of sp³-hybridized carbons (Fsp3) is 0.227. The lowest BCUT2D eigenvalue weighted by Crippen LogP contribution is -2.44. The van der Waals surface area contributed by atoms with Crippen LogP contribution in [0.25, 0.3) is 0 Å². The van der Waals surface area contributed by atoms with Crippen molar-refractivity contribution in [2.24, 2.45) is 0 Å². The Labute approximate surface area is 174 Å². The minimum Gasteiger partial charge on any atom is -0.497 e. The van der Waals surface area contributed by atoms with E-state index < -0.39 is 0 Å². The molecule has 1 unspecified atom stereocenters. The quantitative estimate of drug-likeness (QED) is 0.643. The number of benzene rings is 2. The number of anilines is 1. The Morgan fingerprint density at radius 1 is 1.07 bits per heavy atom. The van der Waals surface area contributed by atoms with Crippen molar-refractivity contribution < 1.29 is 13.9 Å². The zero-order chi connectivity index (χ0) is 20.4. The van der Waals surface area contributed by atoms with Crippen LogP contribution in [0.1, 0.15) is 17.3 Å². The van der Waals surface area contributed by atoms with E-state index in [1.807, 2.05) is 36.4 Å². The Balaban J connectivity index is 1.67. The summed E-state index contributed by atoms with van der Waals surface area (Å²) in [5.41, 5.74) is 2.83. The van der Waals surface area contributed by atoms with Crippen molar-refractivity contribution in [1.29, 1.82) is 0 Å².